The molecular formula is C7H9BO3. The number of esters is 1. The van der Waals surface area contributed by atoms with Gasteiger partial charge in [-0.3, -0.25) is 0 Å². The number of hydrogen-bond acceptors (Lipinski definition) is 3. The van der Waals surface area contributed by atoms with E-state index in [4.69, 9.17) is 9.15 Å². The maximum absolute atomic E-state index is 10.9. The van der Waals surface area contributed by atoms with Gasteiger partial charge in [-0.05, 0) is 19.1 Å². The van der Waals surface area contributed by atoms with Gasteiger partial charge in [0.15, 0.2) is 7.85 Å². The molecular weight excluding hydrogens is 143 g/mol. The van der Waals surface area contributed by atoms with Crippen molar-refractivity contribution in [2.45, 2.75) is 6.92 Å². The summed E-state index contributed by atoms with van der Waals surface area (Å²) in [5.74, 6) is -0.134. The molecule has 0 saturated carbocycles. The molecule has 0 saturated heterocycles. The van der Waals surface area contributed by atoms with Crippen LogP contribution in [0.15, 0.2) is 16.5 Å². The molecule has 4 heteroatoms. The van der Waals surface area contributed by atoms with E-state index in [1.54, 1.807) is 26.9 Å². The summed E-state index contributed by atoms with van der Waals surface area (Å²) in [7, 11) is 1.78. The Labute approximate surface area is 65.7 Å². The molecule has 0 aliphatic heterocycles. The maximum Gasteiger partial charge on any atom is 0.374 e. The Morgan fingerprint density at radius 1 is 1.73 bits per heavy atom. The van der Waals surface area contributed by atoms with Crippen LogP contribution in [0.25, 0.3) is 0 Å². The molecule has 0 bridgehead atoms. The lowest BCUT2D eigenvalue weighted by Gasteiger charge is -1.95. The van der Waals surface area contributed by atoms with Gasteiger partial charge in [0.2, 0.25) is 5.76 Å². The van der Waals surface area contributed by atoms with Crippen molar-refractivity contribution in [2.24, 2.45) is 0 Å². The molecule has 3 nitrogen and oxygen atoms in total. The number of furan rings is 1. The number of carbonyl (C=O) groups is 1. The van der Waals surface area contributed by atoms with Crippen LogP contribution in [0.1, 0.15) is 17.5 Å². The van der Waals surface area contributed by atoms with Crippen LogP contribution in [-0.4, -0.2) is 20.4 Å². The smallest absolute Gasteiger partial charge is 0.374 e. The molecule has 0 spiro atoms. The van der Waals surface area contributed by atoms with E-state index < -0.39 is 5.97 Å². The summed E-state index contributed by atoms with van der Waals surface area (Å²) in [4.78, 5) is 10.9. The number of ether oxygens (including phenoxy) is 1. The summed E-state index contributed by atoms with van der Waals surface area (Å²) in [6.45, 7) is 2.13. The van der Waals surface area contributed by atoms with E-state index in [2.05, 4.69) is 0 Å². The van der Waals surface area contributed by atoms with Gasteiger partial charge in [-0.2, -0.15) is 0 Å². The van der Waals surface area contributed by atoms with Gasteiger partial charge in [-0.1, -0.05) is 0 Å². The minimum absolute atomic E-state index is 0.268. The Bertz CT molecular complexity index is 254. The summed E-state index contributed by atoms with van der Waals surface area (Å²) >= 11 is 0. The Morgan fingerprint density at radius 3 is 2.91 bits per heavy atom. The van der Waals surface area contributed by atoms with Gasteiger partial charge < -0.3 is 9.15 Å². The Balaban J connectivity index is 2.69. The zero-order chi connectivity index (χ0) is 8.27. The van der Waals surface area contributed by atoms with E-state index in [0.29, 0.717) is 12.3 Å². The van der Waals surface area contributed by atoms with Crippen molar-refractivity contribution in [3.63, 3.8) is 0 Å². The van der Waals surface area contributed by atoms with Gasteiger partial charge in [-0.25, -0.2) is 4.79 Å². The fraction of sp³-hybridized carbons (Fsp3) is 0.286. The van der Waals surface area contributed by atoms with Crippen molar-refractivity contribution >= 4 is 19.5 Å². The molecule has 58 valence electrons. The van der Waals surface area contributed by atoms with E-state index in [9.17, 15) is 4.79 Å². The fourth-order valence-corrected chi connectivity index (χ4v) is 0.746. The first-order chi connectivity index (χ1) is 5.24. The van der Waals surface area contributed by atoms with E-state index in [0.717, 1.165) is 0 Å². The van der Waals surface area contributed by atoms with Gasteiger partial charge in [0.25, 0.3) is 0 Å². The second kappa shape index (κ2) is 3.28. The second-order valence-electron chi connectivity index (χ2n) is 2.13. The van der Waals surface area contributed by atoms with Gasteiger partial charge in [-0.15, -0.1) is 0 Å². The first-order valence-electron chi connectivity index (χ1n) is 3.47. The zero-order valence-corrected chi connectivity index (χ0v) is 6.59. The fourth-order valence-electron chi connectivity index (χ4n) is 0.746. The van der Waals surface area contributed by atoms with E-state index in [1.807, 2.05) is 0 Å². The monoisotopic (exact) mass is 152 g/mol. The molecule has 0 unspecified atom stereocenters. The van der Waals surface area contributed by atoms with Crippen LogP contribution in [0, 0.1) is 0 Å². The van der Waals surface area contributed by atoms with Crippen molar-refractivity contribution in [2.75, 3.05) is 6.61 Å². The van der Waals surface area contributed by atoms with Crippen molar-refractivity contribution in [3.05, 3.63) is 17.9 Å². The third-order valence-electron chi connectivity index (χ3n) is 1.22. The molecule has 1 aromatic heterocycles. The number of hydrogen-bond donors (Lipinski definition) is 0. The van der Waals surface area contributed by atoms with Crippen LogP contribution < -0.4 is 5.66 Å². The average molecular weight is 152 g/mol. The quantitative estimate of drug-likeness (QED) is 0.432. The summed E-state index contributed by atoms with van der Waals surface area (Å²) in [5.41, 5.74) is 0.716. The summed E-state index contributed by atoms with van der Waals surface area (Å²) in [6, 6.07) is 3.33. The number of rotatable bonds is 2. The van der Waals surface area contributed by atoms with Crippen LogP contribution in [0.3, 0.4) is 0 Å². The lowest BCUT2D eigenvalue weighted by atomic mass is 10.1. The van der Waals surface area contributed by atoms with E-state index in [-0.39, 0.29) is 5.76 Å². The topological polar surface area (TPSA) is 39.4 Å². The maximum atomic E-state index is 10.9. The zero-order valence-electron chi connectivity index (χ0n) is 6.59. The minimum atomic E-state index is -0.402. The van der Waals surface area contributed by atoms with Gasteiger partial charge in [0, 0.05) is 0 Å². The molecule has 1 rings (SSSR count). The molecule has 0 aliphatic rings. The van der Waals surface area contributed by atoms with Crippen molar-refractivity contribution in [3.8, 4) is 0 Å². The molecule has 0 aromatic carbocycles. The predicted molar refractivity (Wildman–Crippen MR) is 42.8 cm³/mol. The highest BCUT2D eigenvalue weighted by atomic mass is 16.5. The highest BCUT2D eigenvalue weighted by Crippen LogP contribution is 1.99. The van der Waals surface area contributed by atoms with E-state index in [1.165, 1.54) is 0 Å². The van der Waals surface area contributed by atoms with Crippen molar-refractivity contribution in [1.82, 2.24) is 0 Å². The first kappa shape index (κ1) is 7.92. The molecule has 1 aromatic rings. The Hall–Kier alpha value is -1.19. The lowest BCUT2D eigenvalue weighted by molar-refractivity contribution is 0.0492. The molecule has 1 heterocycles. The van der Waals surface area contributed by atoms with Crippen LogP contribution in [0.4, 0.5) is 0 Å². The normalized spacial score (nSPS) is 9.55. The SMILES string of the molecule is Bc1ccc(C(=O)OCC)o1. The van der Waals surface area contributed by atoms with Crippen LogP contribution in [0.2, 0.25) is 0 Å². The van der Waals surface area contributed by atoms with Crippen LogP contribution in [-0.2, 0) is 4.74 Å². The average Bonchev–Trinajstić information content (AvgIpc) is 2.36. The van der Waals surface area contributed by atoms with Crippen LogP contribution >= 0.6 is 0 Å². The standard InChI is InChI=1S/C7H9BO3/c1-2-10-7(9)5-3-4-6(8)11-5/h3-4H,2,8H2,1H3. The molecule has 0 atom stereocenters. The summed E-state index contributed by atoms with van der Waals surface area (Å²) in [5, 5.41) is 0. The van der Waals surface area contributed by atoms with E-state index >= 15 is 0 Å². The van der Waals surface area contributed by atoms with Crippen molar-refractivity contribution in [1.29, 1.82) is 0 Å². The molecule has 0 aliphatic carbocycles. The second-order valence-corrected chi connectivity index (χ2v) is 2.13. The largest absolute Gasteiger partial charge is 0.465 e. The van der Waals surface area contributed by atoms with Crippen molar-refractivity contribution < 1.29 is 13.9 Å². The Kier molecular flexibility index (Phi) is 2.36. The third-order valence-corrected chi connectivity index (χ3v) is 1.22. The predicted octanol–water partition coefficient (Wildman–Crippen LogP) is -0.285. The third kappa shape index (κ3) is 1.87. The van der Waals surface area contributed by atoms with Crippen LogP contribution in [0.5, 0.6) is 0 Å². The first-order valence-corrected chi connectivity index (χ1v) is 3.47. The van der Waals surface area contributed by atoms with Gasteiger partial charge in [0.1, 0.15) is 0 Å². The highest BCUT2D eigenvalue weighted by Gasteiger charge is 2.09. The van der Waals surface area contributed by atoms with Gasteiger partial charge >= 0.3 is 5.97 Å². The summed E-state index contributed by atoms with van der Waals surface area (Å²) in [6.07, 6.45) is 0. The highest BCUT2D eigenvalue weighted by molar-refractivity contribution is 6.29. The lowest BCUT2D eigenvalue weighted by Crippen LogP contribution is -2.04. The number of carbonyl (C=O) groups excluding carboxylic acids is 1. The molecule has 0 radical (unpaired) electrons. The molecule has 11 heavy (non-hydrogen) atoms. The summed E-state index contributed by atoms with van der Waals surface area (Å²) < 4.78 is 9.73. The molecule has 0 amide bonds. The molecule has 0 N–H and O–H groups in total. The Morgan fingerprint density at radius 2 is 2.45 bits per heavy atom. The molecule has 0 fully saturated rings. The minimum Gasteiger partial charge on any atom is -0.465 e. The van der Waals surface area contributed by atoms with Gasteiger partial charge in [0.05, 0.1) is 12.3 Å².